The first-order valence-corrected chi connectivity index (χ1v) is 11.8. The Morgan fingerprint density at radius 3 is 2.49 bits per heavy atom. The second kappa shape index (κ2) is 8.98. The van der Waals surface area contributed by atoms with Crippen molar-refractivity contribution in [1.82, 2.24) is 14.9 Å². The van der Waals surface area contributed by atoms with E-state index < -0.39 is 5.60 Å². The Balaban J connectivity index is 1.39. The summed E-state index contributed by atoms with van der Waals surface area (Å²) in [6, 6.07) is 19.6. The molecule has 7 nitrogen and oxygen atoms in total. The molecule has 178 valence electrons. The maximum absolute atomic E-state index is 12.7. The number of aromatic amines is 1. The predicted molar refractivity (Wildman–Crippen MR) is 137 cm³/mol. The van der Waals surface area contributed by atoms with Crippen molar-refractivity contribution in [2.45, 2.75) is 45.3 Å². The van der Waals surface area contributed by atoms with Crippen LogP contribution in [0.2, 0.25) is 0 Å². The molecule has 1 amide bonds. The van der Waals surface area contributed by atoms with E-state index >= 15 is 0 Å². The van der Waals surface area contributed by atoms with Crippen molar-refractivity contribution in [3.63, 3.8) is 0 Å². The molecule has 0 bridgehead atoms. The third kappa shape index (κ3) is 4.54. The molecule has 2 heterocycles. The molecule has 5 rings (SSSR count). The Labute approximate surface area is 204 Å². The van der Waals surface area contributed by atoms with Gasteiger partial charge in [0, 0.05) is 11.9 Å². The molecule has 1 aliphatic rings. The standard InChI is InChI=1S/C28H28N4O3/c1-28(2,3)35-27(33)32-16-6-11-25(32)26-29-17-24(30-26)19-14-12-18(13-15-19)20-7-4-9-22-21(20)8-5-10-23(22)31-34/h4-5,7-10,12-15,17,25H,6,11,16H2,1-3H3,(H,29,30)/t25-/m0/s1. The number of nitrogens with one attached hydrogen (secondary N) is 1. The summed E-state index contributed by atoms with van der Waals surface area (Å²) >= 11 is 0. The van der Waals surface area contributed by atoms with Crippen LogP contribution in [0, 0.1) is 4.91 Å². The number of imidazole rings is 1. The summed E-state index contributed by atoms with van der Waals surface area (Å²) in [7, 11) is 0. The molecule has 0 unspecified atom stereocenters. The number of carbonyl (C=O) groups is 1. The Hall–Kier alpha value is -4.00. The molecule has 35 heavy (non-hydrogen) atoms. The molecule has 4 aromatic rings. The summed E-state index contributed by atoms with van der Waals surface area (Å²) in [6.45, 7) is 6.29. The monoisotopic (exact) mass is 468 g/mol. The van der Waals surface area contributed by atoms with Gasteiger partial charge in [0.1, 0.15) is 17.1 Å². The van der Waals surface area contributed by atoms with E-state index in [2.05, 4.69) is 27.3 Å². The van der Waals surface area contributed by atoms with Crippen LogP contribution in [0.5, 0.6) is 0 Å². The minimum atomic E-state index is -0.532. The molecule has 1 aliphatic heterocycles. The fraction of sp³-hybridized carbons (Fsp3) is 0.286. The van der Waals surface area contributed by atoms with Gasteiger partial charge >= 0.3 is 6.09 Å². The first-order valence-electron chi connectivity index (χ1n) is 11.8. The quantitative estimate of drug-likeness (QED) is 0.317. The van der Waals surface area contributed by atoms with E-state index in [-0.39, 0.29) is 12.1 Å². The largest absolute Gasteiger partial charge is 0.444 e. The van der Waals surface area contributed by atoms with Crippen LogP contribution < -0.4 is 0 Å². The molecule has 1 N–H and O–H groups in total. The lowest BCUT2D eigenvalue weighted by Gasteiger charge is -2.27. The molecule has 1 saturated heterocycles. The SMILES string of the molecule is CC(C)(C)OC(=O)N1CCC[C@H]1c1ncc(-c2ccc(-c3cccc4c(N=O)cccc34)cc2)[nH]1. The normalized spacial score (nSPS) is 16.0. The Morgan fingerprint density at radius 1 is 1.03 bits per heavy atom. The summed E-state index contributed by atoms with van der Waals surface area (Å²) in [5.74, 6) is 0.774. The van der Waals surface area contributed by atoms with Gasteiger partial charge in [-0.2, -0.15) is 0 Å². The van der Waals surface area contributed by atoms with Gasteiger partial charge in [-0.05, 0) is 66.9 Å². The van der Waals surface area contributed by atoms with Gasteiger partial charge in [0.15, 0.2) is 0 Å². The van der Waals surface area contributed by atoms with Gasteiger partial charge in [0.25, 0.3) is 0 Å². The molecule has 1 atom stereocenters. The highest BCUT2D eigenvalue weighted by Gasteiger charge is 2.34. The molecule has 3 aromatic carbocycles. The fourth-order valence-electron chi connectivity index (χ4n) is 4.70. The van der Waals surface area contributed by atoms with E-state index in [1.807, 2.05) is 69.4 Å². The summed E-state index contributed by atoms with van der Waals surface area (Å²) in [4.78, 5) is 33.6. The number of H-pyrrole nitrogens is 1. The average molecular weight is 469 g/mol. The number of carbonyl (C=O) groups excluding carboxylic acids is 1. The van der Waals surface area contributed by atoms with Crippen molar-refractivity contribution >= 4 is 22.6 Å². The highest BCUT2D eigenvalue weighted by atomic mass is 16.6. The number of likely N-dealkylation sites (tertiary alicyclic amines) is 1. The maximum atomic E-state index is 12.7. The van der Waals surface area contributed by atoms with Crippen LogP contribution in [0.4, 0.5) is 10.5 Å². The lowest BCUT2D eigenvalue weighted by atomic mass is 9.96. The number of nitrogens with zero attached hydrogens (tertiary/aromatic N) is 3. The number of fused-ring (bicyclic) bond motifs is 1. The number of rotatable bonds is 4. The second-order valence-corrected chi connectivity index (χ2v) is 9.86. The van der Waals surface area contributed by atoms with Crippen molar-refractivity contribution in [2.24, 2.45) is 5.18 Å². The Kier molecular flexibility index (Phi) is 5.84. The van der Waals surface area contributed by atoms with E-state index in [1.54, 1.807) is 11.0 Å². The van der Waals surface area contributed by atoms with Crippen LogP contribution in [0.1, 0.15) is 45.5 Å². The van der Waals surface area contributed by atoms with E-state index in [0.29, 0.717) is 12.2 Å². The molecular formula is C28H28N4O3. The number of hydrogen-bond donors (Lipinski definition) is 1. The molecular weight excluding hydrogens is 440 g/mol. The number of hydrogen-bond acceptors (Lipinski definition) is 5. The van der Waals surface area contributed by atoms with Crippen molar-refractivity contribution in [3.05, 3.63) is 77.6 Å². The van der Waals surface area contributed by atoms with E-state index in [0.717, 1.165) is 51.8 Å². The molecule has 0 aliphatic carbocycles. The highest BCUT2D eigenvalue weighted by molar-refractivity contribution is 6.02. The van der Waals surface area contributed by atoms with Gasteiger partial charge < -0.3 is 9.72 Å². The molecule has 0 saturated carbocycles. The first kappa shape index (κ1) is 22.8. The maximum Gasteiger partial charge on any atom is 0.410 e. The van der Waals surface area contributed by atoms with Crippen molar-refractivity contribution in [1.29, 1.82) is 0 Å². The number of benzene rings is 3. The Morgan fingerprint density at radius 2 is 1.74 bits per heavy atom. The second-order valence-electron chi connectivity index (χ2n) is 9.86. The van der Waals surface area contributed by atoms with Crippen molar-refractivity contribution < 1.29 is 9.53 Å². The molecule has 1 aromatic heterocycles. The number of amides is 1. The smallest absolute Gasteiger partial charge is 0.410 e. The van der Waals surface area contributed by atoms with Gasteiger partial charge in [0.2, 0.25) is 0 Å². The molecule has 0 spiro atoms. The van der Waals surface area contributed by atoms with Gasteiger partial charge in [-0.25, -0.2) is 9.78 Å². The van der Waals surface area contributed by atoms with Crippen LogP contribution >= 0.6 is 0 Å². The highest BCUT2D eigenvalue weighted by Crippen LogP contribution is 2.35. The van der Waals surface area contributed by atoms with Crippen LogP contribution in [0.25, 0.3) is 33.2 Å². The summed E-state index contributed by atoms with van der Waals surface area (Å²) in [6.07, 6.45) is 3.28. The summed E-state index contributed by atoms with van der Waals surface area (Å²) in [5.41, 5.74) is 3.91. The fourth-order valence-corrected chi connectivity index (χ4v) is 4.70. The van der Waals surface area contributed by atoms with Gasteiger partial charge in [-0.3, -0.25) is 4.90 Å². The van der Waals surface area contributed by atoms with Crippen LogP contribution in [0.3, 0.4) is 0 Å². The predicted octanol–water partition coefficient (Wildman–Crippen LogP) is 7.37. The van der Waals surface area contributed by atoms with E-state index in [1.165, 1.54) is 0 Å². The van der Waals surface area contributed by atoms with Crippen LogP contribution in [-0.2, 0) is 4.74 Å². The number of nitroso groups, excluding NO2 is 1. The van der Waals surface area contributed by atoms with Gasteiger partial charge in [-0.1, -0.05) is 54.6 Å². The zero-order chi connectivity index (χ0) is 24.6. The zero-order valence-electron chi connectivity index (χ0n) is 20.1. The van der Waals surface area contributed by atoms with Crippen molar-refractivity contribution in [2.75, 3.05) is 6.54 Å². The number of ether oxygens (including phenoxy) is 1. The lowest BCUT2D eigenvalue weighted by Crippen LogP contribution is -2.36. The molecule has 0 radical (unpaired) electrons. The minimum absolute atomic E-state index is 0.116. The van der Waals surface area contributed by atoms with E-state index in [9.17, 15) is 9.70 Å². The third-order valence-corrected chi connectivity index (χ3v) is 6.30. The average Bonchev–Trinajstić information content (AvgIpc) is 3.52. The van der Waals surface area contributed by atoms with Crippen molar-refractivity contribution in [3.8, 4) is 22.4 Å². The van der Waals surface area contributed by atoms with Gasteiger partial charge in [-0.15, -0.1) is 4.91 Å². The summed E-state index contributed by atoms with van der Waals surface area (Å²) < 4.78 is 5.59. The van der Waals surface area contributed by atoms with Crippen LogP contribution in [0.15, 0.2) is 72.0 Å². The minimum Gasteiger partial charge on any atom is -0.444 e. The first-order chi connectivity index (χ1) is 16.8. The Bertz CT molecular complexity index is 1390. The van der Waals surface area contributed by atoms with Gasteiger partial charge in [0.05, 0.1) is 17.9 Å². The number of aromatic nitrogens is 2. The third-order valence-electron chi connectivity index (χ3n) is 6.30. The molecule has 1 fully saturated rings. The lowest BCUT2D eigenvalue weighted by molar-refractivity contribution is 0.0218. The molecule has 7 heteroatoms. The summed E-state index contributed by atoms with van der Waals surface area (Å²) in [5, 5.41) is 4.99. The van der Waals surface area contributed by atoms with Crippen LogP contribution in [-0.4, -0.2) is 33.1 Å². The topological polar surface area (TPSA) is 87.7 Å². The van der Waals surface area contributed by atoms with E-state index in [4.69, 9.17) is 4.74 Å². The zero-order valence-corrected chi connectivity index (χ0v) is 20.1.